The lowest BCUT2D eigenvalue weighted by atomic mass is 10.0. The quantitative estimate of drug-likeness (QED) is 0.373. The number of aromatic amines is 1. The summed E-state index contributed by atoms with van der Waals surface area (Å²) in [6, 6.07) is 6.70. The van der Waals surface area contributed by atoms with Gasteiger partial charge in [0.2, 0.25) is 5.91 Å². The number of benzene rings is 1. The maximum Gasteiger partial charge on any atom is 0.329 e. The first-order chi connectivity index (χ1) is 14.4. The Hall–Kier alpha value is -3.36. The van der Waals surface area contributed by atoms with Crippen LogP contribution in [0.1, 0.15) is 32.3 Å². The van der Waals surface area contributed by atoms with Crippen molar-refractivity contribution in [3.05, 3.63) is 36.0 Å². The minimum atomic E-state index is -0.918. The molecule has 3 N–H and O–H groups in total. The largest absolute Gasteiger partial charge is 0.466 e. The van der Waals surface area contributed by atoms with Crippen molar-refractivity contribution in [2.45, 2.75) is 39.2 Å². The lowest BCUT2D eigenvalue weighted by Gasteiger charge is -2.16. The monoisotopic (exact) mass is 417 g/mol. The maximum absolute atomic E-state index is 12.4. The van der Waals surface area contributed by atoms with Crippen LogP contribution in [0, 0.1) is 0 Å². The van der Waals surface area contributed by atoms with Crippen molar-refractivity contribution in [2.24, 2.45) is 0 Å². The Kier molecular flexibility index (Phi) is 8.86. The molecule has 1 atom stereocenters. The molecule has 0 bridgehead atoms. The van der Waals surface area contributed by atoms with Gasteiger partial charge in [-0.25, -0.2) is 4.79 Å². The highest BCUT2D eigenvalue weighted by molar-refractivity contribution is 5.88. The SMILES string of the molecule is CCOC(=O)CCCNC(=O)COC(=O)C(Cc1c[nH]c2ccccc12)NC(C)=O. The number of aromatic nitrogens is 1. The van der Waals surface area contributed by atoms with Crippen LogP contribution in [0.15, 0.2) is 30.5 Å². The van der Waals surface area contributed by atoms with E-state index in [1.165, 1.54) is 6.92 Å². The van der Waals surface area contributed by atoms with Crippen LogP contribution in [0.25, 0.3) is 10.9 Å². The molecule has 162 valence electrons. The maximum atomic E-state index is 12.4. The summed E-state index contributed by atoms with van der Waals surface area (Å²) in [5, 5.41) is 6.09. The van der Waals surface area contributed by atoms with E-state index in [1.54, 1.807) is 13.1 Å². The predicted octanol–water partition coefficient (Wildman–Crippen LogP) is 1.22. The zero-order valence-electron chi connectivity index (χ0n) is 17.2. The van der Waals surface area contributed by atoms with Crippen molar-refractivity contribution in [3.63, 3.8) is 0 Å². The second-order valence-corrected chi connectivity index (χ2v) is 6.68. The van der Waals surface area contributed by atoms with Crippen molar-refractivity contribution in [3.8, 4) is 0 Å². The van der Waals surface area contributed by atoms with E-state index in [-0.39, 0.29) is 31.3 Å². The van der Waals surface area contributed by atoms with Gasteiger partial charge in [0.05, 0.1) is 6.61 Å². The van der Waals surface area contributed by atoms with Crippen LogP contribution in [0.4, 0.5) is 0 Å². The van der Waals surface area contributed by atoms with Crippen molar-refractivity contribution >= 4 is 34.7 Å². The van der Waals surface area contributed by atoms with Gasteiger partial charge in [-0.15, -0.1) is 0 Å². The first kappa shape index (κ1) is 22.9. The third-order valence-corrected chi connectivity index (χ3v) is 4.29. The summed E-state index contributed by atoms with van der Waals surface area (Å²) in [5.74, 6) is -1.88. The molecule has 1 aromatic carbocycles. The first-order valence-electron chi connectivity index (χ1n) is 9.81. The van der Waals surface area contributed by atoms with Gasteiger partial charge in [-0.1, -0.05) is 18.2 Å². The minimum absolute atomic E-state index is 0.198. The molecule has 1 aromatic heterocycles. The summed E-state index contributed by atoms with van der Waals surface area (Å²) < 4.78 is 9.87. The summed E-state index contributed by atoms with van der Waals surface area (Å²) in [5.41, 5.74) is 1.77. The zero-order valence-corrected chi connectivity index (χ0v) is 17.2. The summed E-state index contributed by atoms with van der Waals surface area (Å²) in [4.78, 5) is 50.2. The molecule has 0 saturated heterocycles. The van der Waals surface area contributed by atoms with Crippen LogP contribution >= 0.6 is 0 Å². The van der Waals surface area contributed by atoms with E-state index in [0.29, 0.717) is 13.0 Å². The number of carbonyl (C=O) groups excluding carboxylic acids is 4. The van der Waals surface area contributed by atoms with Crippen molar-refractivity contribution < 1.29 is 28.7 Å². The molecule has 0 aliphatic heterocycles. The lowest BCUT2D eigenvalue weighted by molar-refractivity contribution is -0.151. The average Bonchev–Trinajstić information content (AvgIpc) is 3.12. The lowest BCUT2D eigenvalue weighted by Crippen LogP contribution is -2.43. The number of H-pyrrole nitrogens is 1. The van der Waals surface area contributed by atoms with Gasteiger partial charge in [-0.2, -0.15) is 0 Å². The van der Waals surface area contributed by atoms with Crippen LogP contribution in [0.2, 0.25) is 0 Å². The van der Waals surface area contributed by atoms with Gasteiger partial charge in [0.15, 0.2) is 6.61 Å². The Labute approximate surface area is 174 Å². The Balaban J connectivity index is 1.84. The molecule has 9 nitrogen and oxygen atoms in total. The molecule has 2 rings (SSSR count). The van der Waals surface area contributed by atoms with E-state index in [2.05, 4.69) is 15.6 Å². The number of hydrogen-bond donors (Lipinski definition) is 3. The standard InChI is InChI=1S/C21H27N3O6/c1-3-29-20(27)9-6-10-22-19(26)13-30-21(28)18(24-14(2)25)11-15-12-23-17-8-5-4-7-16(15)17/h4-5,7-8,12,18,23H,3,6,9-11,13H2,1-2H3,(H,22,26)(H,24,25). The molecule has 1 heterocycles. The minimum Gasteiger partial charge on any atom is -0.466 e. The summed E-state index contributed by atoms with van der Waals surface area (Å²) in [7, 11) is 0. The Bertz CT molecular complexity index is 892. The number of rotatable bonds is 11. The van der Waals surface area contributed by atoms with Crippen LogP contribution < -0.4 is 10.6 Å². The first-order valence-corrected chi connectivity index (χ1v) is 9.81. The molecule has 0 aliphatic carbocycles. The van der Waals surface area contributed by atoms with E-state index in [9.17, 15) is 19.2 Å². The van der Waals surface area contributed by atoms with Gasteiger partial charge in [0.1, 0.15) is 6.04 Å². The number of carbonyl (C=O) groups is 4. The number of esters is 2. The zero-order chi connectivity index (χ0) is 21.9. The second-order valence-electron chi connectivity index (χ2n) is 6.68. The van der Waals surface area contributed by atoms with Gasteiger partial charge in [-0.3, -0.25) is 14.4 Å². The second kappa shape index (κ2) is 11.6. The van der Waals surface area contributed by atoms with Gasteiger partial charge in [0.25, 0.3) is 5.91 Å². The van der Waals surface area contributed by atoms with Crippen molar-refractivity contribution in [1.82, 2.24) is 15.6 Å². The highest BCUT2D eigenvalue weighted by Gasteiger charge is 2.23. The van der Waals surface area contributed by atoms with E-state index < -0.39 is 24.5 Å². The van der Waals surface area contributed by atoms with E-state index in [1.807, 2.05) is 24.3 Å². The predicted molar refractivity (Wildman–Crippen MR) is 109 cm³/mol. The third-order valence-electron chi connectivity index (χ3n) is 4.29. The van der Waals surface area contributed by atoms with Crippen LogP contribution in [-0.2, 0) is 35.1 Å². The smallest absolute Gasteiger partial charge is 0.329 e. The van der Waals surface area contributed by atoms with E-state index in [0.717, 1.165) is 16.5 Å². The number of para-hydroxylation sites is 1. The fourth-order valence-electron chi connectivity index (χ4n) is 2.94. The van der Waals surface area contributed by atoms with Gasteiger partial charge in [0, 0.05) is 43.4 Å². The number of ether oxygens (including phenoxy) is 2. The third kappa shape index (κ3) is 7.23. The van der Waals surface area contributed by atoms with E-state index >= 15 is 0 Å². The van der Waals surface area contributed by atoms with E-state index in [4.69, 9.17) is 9.47 Å². The summed E-state index contributed by atoms with van der Waals surface area (Å²) >= 11 is 0. The topological polar surface area (TPSA) is 127 Å². The van der Waals surface area contributed by atoms with Gasteiger partial charge < -0.3 is 25.1 Å². The van der Waals surface area contributed by atoms with Gasteiger partial charge >= 0.3 is 11.9 Å². The van der Waals surface area contributed by atoms with Crippen molar-refractivity contribution in [2.75, 3.05) is 19.8 Å². The number of amides is 2. The van der Waals surface area contributed by atoms with Crippen molar-refractivity contribution in [1.29, 1.82) is 0 Å². The van der Waals surface area contributed by atoms with Gasteiger partial charge in [-0.05, 0) is 25.0 Å². The Morgan fingerprint density at radius 3 is 2.63 bits per heavy atom. The highest BCUT2D eigenvalue weighted by atomic mass is 16.5. The molecule has 0 radical (unpaired) electrons. The molecular weight excluding hydrogens is 390 g/mol. The van der Waals surface area contributed by atoms with Crippen LogP contribution in [-0.4, -0.2) is 54.5 Å². The average molecular weight is 417 g/mol. The summed E-state index contributed by atoms with van der Waals surface area (Å²) in [6.45, 7) is 3.14. The molecule has 0 spiro atoms. The fraction of sp³-hybridized carbons (Fsp3) is 0.429. The highest BCUT2D eigenvalue weighted by Crippen LogP contribution is 2.19. The van der Waals surface area contributed by atoms with Crippen LogP contribution in [0.3, 0.4) is 0 Å². The number of nitrogens with one attached hydrogen (secondary N) is 3. The number of hydrogen-bond acceptors (Lipinski definition) is 6. The summed E-state index contributed by atoms with van der Waals surface area (Å²) in [6.07, 6.45) is 2.63. The molecule has 1 unspecified atom stereocenters. The Morgan fingerprint density at radius 1 is 1.13 bits per heavy atom. The molecule has 0 fully saturated rings. The Morgan fingerprint density at radius 2 is 1.90 bits per heavy atom. The molecule has 2 amide bonds. The molecule has 2 aromatic rings. The molecule has 0 aliphatic rings. The fourth-order valence-corrected chi connectivity index (χ4v) is 2.94. The molecule has 30 heavy (non-hydrogen) atoms. The molecule has 9 heteroatoms. The number of fused-ring (bicyclic) bond motifs is 1. The normalized spacial score (nSPS) is 11.5. The van der Waals surface area contributed by atoms with Crippen LogP contribution in [0.5, 0.6) is 0 Å². The molecular formula is C21H27N3O6. The molecule has 0 saturated carbocycles.